The van der Waals surface area contributed by atoms with Gasteiger partial charge in [0.25, 0.3) is 5.56 Å². The first kappa shape index (κ1) is 20.8. The Morgan fingerprint density at radius 3 is 2.55 bits per heavy atom. The van der Waals surface area contributed by atoms with Crippen molar-refractivity contribution in [1.29, 1.82) is 0 Å². The van der Waals surface area contributed by atoms with Crippen LogP contribution in [0, 0.1) is 11.6 Å². The van der Waals surface area contributed by atoms with E-state index in [9.17, 15) is 13.6 Å². The fraction of sp³-hybridized carbons (Fsp3) is 0.250. The van der Waals surface area contributed by atoms with Crippen molar-refractivity contribution in [3.05, 3.63) is 87.5 Å². The minimum absolute atomic E-state index is 0.203. The highest BCUT2D eigenvalue weighted by molar-refractivity contribution is 5.99. The highest BCUT2D eigenvalue weighted by atomic mass is 19.1. The second-order valence-corrected chi connectivity index (χ2v) is 7.55. The zero-order chi connectivity index (χ0) is 22.0. The molecule has 4 rings (SSSR count). The number of nitrogens with one attached hydrogen (secondary N) is 2. The highest BCUT2D eigenvalue weighted by Gasteiger charge is 2.17. The molecule has 0 saturated carbocycles. The lowest BCUT2D eigenvalue weighted by Crippen LogP contribution is -2.20. The SMILES string of the molecule is CCCc1[nH]n(-c2ccc(F)cc2)c(=O)c1C(C)=NCCc1c[nH]c2ccc(F)cc12. The van der Waals surface area contributed by atoms with E-state index in [1.807, 2.05) is 20.0 Å². The van der Waals surface area contributed by atoms with Gasteiger partial charge in [-0.2, -0.15) is 0 Å². The number of halogens is 2. The quantitative estimate of drug-likeness (QED) is 0.408. The first-order chi connectivity index (χ1) is 15.0. The van der Waals surface area contributed by atoms with Gasteiger partial charge in [0.2, 0.25) is 0 Å². The molecule has 2 aromatic carbocycles. The van der Waals surface area contributed by atoms with Crippen LogP contribution in [0.15, 0.2) is 58.4 Å². The lowest BCUT2D eigenvalue weighted by Gasteiger charge is -2.02. The molecular weight excluding hydrogens is 398 g/mol. The molecule has 0 spiro atoms. The van der Waals surface area contributed by atoms with Gasteiger partial charge in [-0.3, -0.25) is 14.9 Å². The number of aryl methyl sites for hydroxylation is 1. The van der Waals surface area contributed by atoms with Gasteiger partial charge in [0, 0.05) is 35.1 Å². The molecule has 0 unspecified atom stereocenters. The Kier molecular flexibility index (Phi) is 5.84. The molecule has 0 aliphatic carbocycles. The van der Waals surface area contributed by atoms with Gasteiger partial charge >= 0.3 is 0 Å². The van der Waals surface area contributed by atoms with Crippen molar-refractivity contribution in [2.24, 2.45) is 4.99 Å². The number of aromatic amines is 2. The van der Waals surface area contributed by atoms with Crippen LogP contribution >= 0.6 is 0 Å². The Morgan fingerprint density at radius 1 is 1.06 bits per heavy atom. The summed E-state index contributed by atoms with van der Waals surface area (Å²) in [6.07, 6.45) is 4.06. The van der Waals surface area contributed by atoms with Crippen LogP contribution in [0.4, 0.5) is 8.78 Å². The van der Waals surface area contributed by atoms with Crippen LogP contribution in [0.1, 0.15) is 37.1 Å². The molecule has 160 valence electrons. The zero-order valence-corrected chi connectivity index (χ0v) is 17.5. The molecule has 2 heterocycles. The number of benzene rings is 2. The number of aromatic nitrogens is 3. The number of hydrogen-bond donors (Lipinski definition) is 2. The Bertz CT molecular complexity index is 1300. The molecule has 2 aromatic heterocycles. The van der Waals surface area contributed by atoms with E-state index in [0.717, 1.165) is 28.6 Å². The summed E-state index contributed by atoms with van der Waals surface area (Å²) in [5.74, 6) is -0.627. The molecule has 0 saturated heterocycles. The van der Waals surface area contributed by atoms with E-state index in [1.54, 1.807) is 18.2 Å². The van der Waals surface area contributed by atoms with Crippen LogP contribution in [0.25, 0.3) is 16.6 Å². The molecule has 31 heavy (non-hydrogen) atoms. The van der Waals surface area contributed by atoms with Crippen molar-refractivity contribution in [2.45, 2.75) is 33.1 Å². The molecule has 0 aliphatic rings. The van der Waals surface area contributed by atoms with E-state index in [1.165, 1.54) is 28.9 Å². The van der Waals surface area contributed by atoms with Gasteiger partial charge in [-0.25, -0.2) is 13.5 Å². The Hall–Kier alpha value is -3.48. The number of aliphatic imine (C=N–C) groups is 1. The predicted octanol–water partition coefficient (Wildman–Crippen LogP) is 4.93. The molecule has 2 N–H and O–H groups in total. The van der Waals surface area contributed by atoms with Crippen molar-refractivity contribution in [1.82, 2.24) is 14.8 Å². The van der Waals surface area contributed by atoms with Crippen LogP contribution in [-0.4, -0.2) is 27.0 Å². The van der Waals surface area contributed by atoms with E-state index in [2.05, 4.69) is 15.1 Å². The second kappa shape index (κ2) is 8.71. The molecule has 4 aromatic rings. The summed E-state index contributed by atoms with van der Waals surface area (Å²) >= 11 is 0. The highest BCUT2D eigenvalue weighted by Crippen LogP contribution is 2.20. The minimum atomic E-state index is -0.354. The second-order valence-electron chi connectivity index (χ2n) is 7.55. The molecular formula is C24H24F2N4O. The molecule has 5 nitrogen and oxygen atoms in total. The summed E-state index contributed by atoms with van der Waals surface area (Å²) in [7, 11) is 0. The standard InChI is InChI=1S/C24H24F2N4O/c1-3-4-22-23(24(31)30(29-22)19-8-5-17(25)6-9-19)15(2)27-12-11-16-14-28-21-10-7-18(26)13-20(16)21/h5-10,13-14,28-29H,3-4,11-12H2,1-2H3. The third kappa shape index (κ3) is 4.21. The maximum atomic E-state index is 13.6. The van der Waals surface area contributed by atoms with Gasteiger partial charge in [0.05, 0.1) is 11.3 Å². The maximum absolute atomic E-state index is 13.6. The number of H-pyrrole nitrogens is 2. The fourth-order valence-corrected chi connectivity index (χ4v) is 3.84. The first-order valence-electron chi connectivity index (χ1n) is 10.3. The van der Waals surface area contributed by atoms with E-state index in [0.29, 0.717) is 36.3 Å². The molecule has 0 aliphatic heterocycles. The van der Waals surface area contributed by atoms with Gasteiger partial charge < -0.3 is 4.98 Å². The number of rotatable bonds is 7. The zero-order valence-electron chi connectivity index (χ0n) is 17.5. The molecule has 0 radical (unpaired) electrons. The van der Waals surface area contributed by atoms with Crippen LogP contribution in [0.2, 0.25) is 0 Å². The summed E-state index contributed by atoms with van der Waals surface area (Å²) in [4.78, 5) is 20.9. The van der Waals surface area contributed by atoms with Crippen molar-refractivity contribution < 1.29 is 8.78 Å². The van der Waals surface area contributed by atoms with Crippen LogP contribution in [0.5, 0.6) is 0 Å². The van der Waals surface area contributed by atoms with Crippen molar-refractivity contribution in [3.63, 3.8) is 0 Å². The summed E-state index contributed by atoms with van der Waals surface area (Å²) in [5, 5.41) is 4.00. The lowest BCUT2D eigenvalue weighted by atomic mass is 10.1. The van der Waals surface area contributed by atoms with E-state index in [-0.39, 0.29) is 17.2 Å². The van der Waals surface area contributed by atoms with Gasteiger partial charge in [-0.15, -0.1) is 0 Å². The van der Waals surface area contributed by atoms with Crippen molar-refractivity contribution >= 4 is 16.6 Å². The first-order valence-corrected chi connectivity index (χ1v) is 10.3. The fourth-order valence-electron chi connectivity index (χ4n) is 3.84. The Morgan fingerprint density at radius 2 is 1.81 bits per heavy atom. The summed E-state index contributed by atoms with van der Waals surface area (Å²) in [6, 6.07) is 10.4. The lowest BCUT2D eigenvalue weighted by molar-refractivity contribution is 0.626. The molecule has 0 amide bonds. The number of hydrogen-bond acceptors (Lipinski definition) is 2. The van der Waals surface area contributed by atoms with Crippen LogP contribution < -0.4 is 5.56 Å². The van der Waals surface area contributed by atoms with Gasteiger partial charge in [0.1, 0.15) is 11.6 Å². The average molecular weight is 422 g/mol. The number of nitrogens with zero attached hydrogens (tertiary/aromatic N) is 2. The molecule has 0 fully saturated rings. The molecule has 0 bridgehead atoms. The summed E-state index contributed by atoms with van der Waals surface area (Å²) in [5.41, 5.74) is 4.25. The molecule has 0 atom stereocenters. The normalized spacial score (nSPS) is 12.1. The Balaban J connectivity index is 1.61. The average Bonchev–Trinajstić information content (AvgIpc) is 3.29. The van der Waals surface area contributed by atoms with Gasteiger partial charge in [-0.1, -0.05) is 13.3 Å². The summed E-state index contributed by atoms with van der Waals surface area (Å²) in [6.45, 7) is 4.34. The molecule has 7 heteroatoms. The monoisotopic (exact) mass is 422 g/mol. The third-order valence-corrected chi connectivity index (χ3v) is 5.37. The predicted molar refractivity (Wildman–Crippen MR) is 119 cm³/mol. The van der Waals surface area contributed by atoms with Crippen LogP contribution in [-0.2, 0) is 12.8 Å². The minimum Gasteiger partial charge on any atom is -0.361 e. The summed E-state index contributed by atoms with van der Waals surface area (Å²) < 4.78 is 28.3. The van der Waals surface area contributed by atoms with Crippen molar-refractivity contribution in [2.75, 3.05) is 6.54 Å². The van der Waals surface area contributed by atoms with Gasteiger partial charge in [0.15, 0.2) is 0 Å². The Labute approximate surface area is 178 Å². The van der Waals surface area contributed by atoms with E-state index < -0.39 is 0 Å². The van der Waals surface area contributed by atoms with Gasteiger partial charge in [-0.05, 0) is 67.8 Å². The topological polar surface area (TPSA) is 65.9 Å². The third-order valence-electron chi connectivity index (χ3n) is 5.37. The van der Waals surface area contributed by atoms with E-state index >= 15 is 0 Å². The smallest absolute Gasteiger partial charge is 0.280 e. The maximum Gasteiger partial charge on any atom is 0.280 e. The van der Waals surface area contributed by atoms with Crippen LogP contribution in [0.3, 0.4) is 0 Å². The van der Waals surface area contributed by atoms with E-state index in [4.69, 9.17) is 0 Å². The number of fused-ring (bicyclic) bond motifs is 1. The van der Waals surface area contributed by atoms with Crippen molar-refractivity contribution in [3.8, 4) is 5.69 Å². The largest absolute Gasteiger partial charge is 0.361 e.